The van der Waals surface area contributed by atoms with Gasteiger partial charge in [-0.2, -0.15) is 13.5 Å². The van der Waals surface area contributed by atoms with E-state index in [0.29, 0.717) is 35.9 Å². The summed E-state index contributed by atoms with van der Waals surface area (Å²) in [7, 11) is -4.84. The Labute approximate surface area is 273 Å². The van der Waals surface area contributed by atoms with Gasteiger partial charge in [0.2, 0.25) is 11.8 Å². The molecule has 4 aliphatic heterocycles. The zero-order valence-electron chi connectivity index (χ0n) is 25.2. The van der Waals surface area contributed by atoms with Crippen LogP contribution in [0.3, 0.4) is 0 Å². The number of piperidine rings is 2. The van der Waals surface area contributed by atoms with Crippen molar-refractivity contribution in [3.63, 3.8) is 0 Å². The van der Waals surface area contributed by atoms with Crippen molar-refractivity contribution in [1.29, 1.82) is 0 Å². The molecule has 4 N–H and O–H groups in total. The summed E-state index contributed by atoms with van der Waals surface area (Å²) in [6.45, 7) is -0.0219. The maximum absolute atomic E-state index is 12.4. The Hall–Kier alpha value is -5.05. The second-order valence-electron chi connectivity index (χ2n) is 11.2. The molecule has 4 fully saturated rings. The quantitative estimate of drug-likeness (QED) is 0.139. The third kappa shape index (κ3) is 7.73. The van der Waals surface area contributed by atoms with E-state index in [0.717, 1.165) is 4.90 Å². The number of pyridine rings is 2. The molecule has 0 radical (unpaired) electrons. The van der Waals surface area contributed by atoms with E-state index in [2.05, 4.69) is 24.9 Å². The molecule has 0 aliphatic carbocycles. The molecule has 4 bridgehead atoms. The zero-order valence-corrected chi connectivity index (χ0v) is 26.1. The number of nitrogens with zero attached hydrogens (tertiary/aromatic N) is 6. The fourth-order valence-electron chi connectivity index (χ4n) is 5.83. The molecule has 2 aromatic heterocycles. The van der Waals surface area contributed by atoms with Crippen LogP contribution in [0.1, 0.15) is 46.7 Å². The van der Waals surface area contributed by atoms with Crippen molar-refractivity contribution in [1.82, 2.24) is 40.5 Å². The van der Waals surface area contributed by atoms with E-state index in [1.54, 1.807) is 30.3 Å². The molecule has 6 heterocycles. The number of carbonyl (C=O) groups excluding carboxylic acids is 6. The number of rotatable bonds is 10. The average molecular weight is 689 g/mol. The third-order valence-electron chi connectivity index (χ3n) is 8.19. The number of hydrogen-bond acceptors (Lipinski definition) is 12. The van der Waals surface area contributed by atoms with Gasteiger partial charge >= 0.3 is 22.5 Å². The average Bonchev–Trinajstić information content (AvgIpc) is 3.45. The molecule has 20 heteroatoms. The Kier molecular flexibility index (Phi) is 10.3. The van der Waals surface area contributed by atoms with Crippen LogP contribution < -0.4 is 10.6 Å². The molecule has 0 spiro atoms. The van der Waals surface area contributed by atoms with Gasteiger partial charge in [-0.05, 0) is 49.9 Å². The van der Waals surface area contributed by atoms with E-state index in [1.165, 1.54) is 23.4 Å². The van der Waals surface area contributed by atoms with Gasteiger partial charge in [0.1, 0.15) is 23.5 Å². The first kappa shape index (κ1) is 34.3. The lowest BCUT2D eigenvalue weighted by molar-refractivity contribution is -0.126. The Morgan fingerprint density at radius 1 is 0.771 bits per heavy atom. The molecule has 6 amide bonds. The van der Waals surface area contributed by atoms with Crippen molar-refractivity contribution in [3.05, 3.63) is 60.2 Å². The molecule has 4 aliphatic rings. The van der Waals surface area contributed by atoms with Crippen molar-refractivity contribution in [2.24, 2.45) is 0 Å². The van der Waals surface area contributed by atoms with Gasteiger partial charge in [-0.1, -0.05) is 12.1 Å². The molecule has 0 aromatic carbocycles. The highest BCUT2D eigenvalue weighted by atomic mass is 32.3. The third-order valence-corrected chi connectivity index (χ3v) is 8.54. The summed E-state index contributed by atoms with van der Waals surface area (Å²) in [5.74, 6) is -1.59. The predicted molar refractivity (Wildman–Crippen MR) is 159 cm³/mol. The van der Waals surface area contributed by atoms with Crippen LogP contribution in [0.15, 0.2) is 48.8 Å². The van der Waals surface area contributed by atoms with Crippen LogP contribution in [0.25, 0.3) is 0 Å². The predicted octanol–water partition coefficient (Wildman–Crippen LogP) is -0.578. The van der Waals surface area contributed by atoms with Crippen LogP contribution in [-0.2, 0) is 24.3 Å². The molecule has 6 rings (SSSR count). The van der Waals surface area contributed by atoms with Crippen LogP contribution in [-0.4, -0.2) is 134 Å². The van der Waals surface area contributed by atoms with Crippen molar-refractivity contribution >= 4 is 45.8 Å². The second kappa shape index (κ2) is 14.4. The Morgan fingerprint density at radius 3 is 1.73 bits per heavy atom. The number of fused-ring (bicyclic) bond motifs is 4. The van der Waals surface area contributed by atoms with Crippen molar-refractivity contribution in [2.75, 3.05) is 26.2 Å². The molecule has 256 valence electrons. The summed E-state index contributed by atoms with van der Waals surface area (Å²) < 4.78 is 34.7. The van der Waals surface area contributed by atoms with Crippen LogP contribution in [0, 0.1) is 0 Å². The summed E-state index contributed by atoms with van der Waals surface area (Å²) in [4.78, 5) is 82.8. The SMILES string of the molecule is O=C(CNC(=O)[C@@H]1CC[C@@H]2CN1C(=O)N2O)c1ccccn1.O=C(CNC(=O)[C@@H]1CC[C@@H]2CN1C(=O)N2OS(=O)(=O)O)c1ccccn1. The largest absolute Gasteiger partial charge is 0.418 e. The summed E-state index contributed by atoms with van der Waals surface area (Å²) in [6.07, 6.45) is 4.58. The molecule has 19 nitrogen and oxygen atoms in total. The number of nitrogens with one attached hydrogen (secondary N) is 2. The number of Topliss-reactive ketones (excluding diaryl/α,β-unsaturated/α-hetero) is 2. The van der Waals surface area contributed by atoms with E-state index in [9.17, 15) is 42.4 Å². The van der Waals surface area contributed by atoms with E-state index in [-0.39, 0.29) is 61.0 Å². The van der Waals surface area contributed by atoms with E-state index >= 15 is 0 Å². The van der Waals surface area contributed by atoms with Gasteiger partial charge in [0.05, 0.1) is 25.2 Å². The van der Waals surface area contributed by atoms with Gasteiger partial charge in [-0.15, -0.1) is 4.28 Å². The van der Waals surface area contributed by atoms with Crippen LogP contribution in [0.2, 0.25) is 0 Å². The fourth-order valence-corrected chi connectivity index (χ4v) is 6.22. The Morgan fingerprint density at radius 2 is 1.25 bits per heavy atom. The summed E-state index contributed by atoms with van der Waals surface area (Å²) in [5.41, 5.74) is 0.492. The van der Waals surface area contributed by atoms with Crippen molar-refractivity contribution < 1.29 is 51.2 Å². The molecule has 2 aromatic rings. The van der Waals surface area contributed by atoms with Crippen molar-refractivity contribution in [3.8, 4) is 0 Å². The number of ketones is 2. The van der Waals surface area contributed by atoms with Crippen LogP contribution >= 0.6 is 0 Å². The maximum atomic E-state index is 12.4. The number of hydroxylamine groups is 4. The number of hydrogen-bond donors (Lipinski definition) is 4. The van der Waals surface area contributed by atoms with Crippen LogP contribution in [0.4, 0.5) is 9.59 Å². The van der Waals surface area contributed by atoms with Crippen LogP contribution in [0.5, 0.6) is 0 Å². The minimum atomic E-state index is -4.84. The number of amides is 6. The Balaban J connectivity index is 0.000000190. The maximum Gasteiger partial charge on any atom is 0.418 e. The smallest absolute Gasteiger partial charge is 0.347 e. The highest BCUT2D eigenvalue weighted by Crippen LogP contribution is 2.31. The highest BCUT2D eigenvalue weighted by Gasteiger charge is 2.49. The van der Waals surface area contributed by atoms with Gasteiger partial charge in [0.15, 0.2) is 11.6 Å². The monoisotopic (exact) mass is 688 g/mol. The number of urea groups is 2. The molecular formula is C28H32N8O11S. The summed E-state index contributed by atoms with van der Waals surface area (Å²) in [5, 5.41) is 15.8. The first-order valence-corrected chi connectivity index (χ1v) is 16.2. The number of carbonyl (C=O) groups is 6. The lowest BCUT2D eigenvalue weighted by Gasteiger charge is -2.29. The molecule has 0 saturated carbocycles. The molecule has 4 saturated heterocycles. The molecule has 48 heavy (non-hydrogen) atoms. The summed E-state index contributed by atoms with van der Waals surface area (Å²) >= 11 is 0. The minimum absolute atomic E-state index is 0.0840. The van der Waals surface area contributed by atoms with E-state index in [1.807, 2.05) is 0 Å². The fraction of sp³-hybridized carbons (Fsp3) is 0.429. The number of aromatic nitrogens is 2. The summed E-state index contributed by atoms with van der Waals surface area (Å²) in [6, 6.07) is 6.10. The van der Waals surface area contributed by atoms with Crippen molar-refractivity contribution in [2.45, 2.75) is 49.9 Å². The van der Waals surface area contributed by atoms with Gasteiger partial charge in [-0.25, -0.2) is 14.7 Å². The van der Waals surface area contributed by atoms with E-state index < -0.39 is 46.5 Å². The van der Waals surface area contributed by atoms with Gasteiger partial charge in [0, 0.05) is 25.5 Å². The molecule has 0 unspecified atom stereocenters. The van der Waals surface area contributed by atoms with Gasteiger partial charge < -0.3 is 20.4 Å². The first-order valence-electron chi connectivity index (χ1n) is 14.8. The topological polar surface area (TPSA) is 249 Å². The van der Waals surface area contributed by atoms with E-state index in [4.69, 9.17) is 4.55 Å². The standard InChI is InChI=1S/C14H16N4O7S.C14H16N4O4/c19-12(10-3-1-2-6-15-10)7-16-13(20)11-5-4-9-8-17(11)14(21)18(9)25-26(22,23)24;19-12(10-3-1-2-6-15-10)7-16-13(20)11-5-4-9-8-17(11)14(21)18(9)22/h1-3,6,9,11H,4-5,7-8H2,(H,16,20)(H,22,23,24);1-3,6,9,11,22H,4-5,7-8H2,(H,16,20)/t2*9-,11+/m11/s1. The van der Waals surface area contributed by atoms with Gasteiger partial charge in [-0.3, -0.25) is 38.9 Å². The molecular weight excluding hydrogens is 656 g/mol. The normalized spacial score (nSPS) is 23.0. The highest BCUT2D eigenvalue weighted by molar-refractivity contribution is 7.80. The first-order chi connectivity index (χ1) is 22.8. The zero-order chi connectivity index (χ0) is 34.6. The second-order valence-corrected chi connectivity index (χ2v) is 12.3. The molecule has 4 atom stereocenters. The minimum Gasteiger partial charge on any atom is -0.347 e. The lowest BCUT2D eigenvalue weighted by Crippen LogP contribution is -2.50. The Bertz CT molecular complexity index is 1680. The van der Waals surface area contributed by atoms with Gasteiger partial charge in [0.25, 0.3) is 0 Å². The lowest BCUT2D eigenvalue weighted by atomic mass is 10.0.